The number of aliphatic hydroxyl groups excluding tert-OH is 2. The van der Waals surface area contributed by atoms with Gasteiger partial charge in [-0.25, -0.2) is 4.79 Å². The van der Waals surface area contributed by atoms with Crippen molar-refractivity contribution in [3.8, 4) is 5.75 Å². The number of benzene rings is 1. The lowest BCUT2D eigenvalue weighted by molar-refractivity contribution is -0.145. The molecule has 0 saturated heterocycles. The first-order chi connectivity index (χ1) is 16.4. The van der Waals surface area contributed by atoms with Crippen molar-refractivity contribution in [2.24, 2.45) is 0 Å². The Labute approximate surface area is 204 Å². The van der Waals surface area contributed by atoms with Crippen molar-refractivity contribution in [3.05, 3.63) is 29.8 Å². The van der Waals surface area contributed by atoms with E-state index in [-0.39, 0.29) is 37.4 Å². The molecule has 35 heavy (non-hydrogen) atoms. The van der Waals surface area contributed by atoms with Gasteiger partial charge in [0.05, 0.1) is 26.2 Å². The second-order valence-electron chi connectivity index (χ2n) is 8.44. The molecule has 0 spiro atoms. The number of phenolic OH excluding ortho intramolecular Hbond substituents is 1. The number of alkyl carbamates (subject to hydrolysis) is 1. The molecular formula is C23H35N3O9. The van der Waals surface area contributed by atoms with Gasteiger partial charge in [0.1, 0.15) is 23.4 Å². The number of carbonyl (C=O) groups excluding carboxylic acids is 4. The quantitative estimate of drug-likeness (QED) is 0.253. The van der Waals surface area contributed by atoms with Crippen LogP contribution in [0.15, 0.2) is 24.3 Å². The zero-order valence-electron chi connectivity index (χ0n) is 20.4. The Morgan fingerprint density at radius 3 is 2.31 bits per heavy atom. The standard InChI is InChI=1S/C23H35N3O9/c1-5-34-18(30)10-11-24-20(31)19(15-8-6-7-9-17(15)29)26(12-13-27)21(32)16(14-28)25-22(33)35-23(2,3)4/h6-9,16,19,27-29H,5,10-14H2,1-4H3,(H,24,31)(H,25,33). The number of esters is 1. The van der Waals surface area contributed by atoms with Crippen molar-refractivity contribution in [2.45, 2.75) is 51.8 Å². The van der Waals surface area contributed by atoms with Gasteiger partial charge in [-0.1, -0.05) is 18.2 Å². The summed E-state index contributed by atoms with van der Waals surface area (Å²) in [5.74, 6) is -2.49. The number of aliphatic hydroxyl groups is 2. The predicted octanol–water partition coefficient (Wildman–Crippen LogP) is 0.209. The maximum Gasteiger partial charge on any atom is 0.408 e. The molecular weight excluding hydrogens is 462 g/mol. The van der Waals surface area contributed by atoms with Crippen molar-refractivity contribution < 1.29 is 44.0 Å². The lowest BCUT2D eigenvalue weighted by Gasteiger charge is -2.33. The monoisotopic (exact) mass is 497 g/mol. The summed E-state index contributed by atoms with van der Waals surface area (Å²) >= 11 is 0. The molecule has 196 valence electrons. The number of rotatable bonds is 12. The van der Waals surface area contributed by atoms with Gasteiger partial charge in [0.2, 0.25) is 11.8 Å². The number of carbonyl (C=O) groups is 4. The Morgan fingerprint density at radius 2 is 1.77 bits per heavy atom. The van der Waals surface area contributed by atoms with Crippen LogP contribution in [0.3, 0.4) is 0 Å². The fraction of sp³-hybridized carbons (Fsp3) is 0.565. The van der Waals surface area contributed by atoms with E-state index in [0.717, 1.165) is 4.90 Å². The normalized spacial score (nSPS) is 12.7. The minimum absolute atomic E-state index is 0.0388. The third-order valence-electron chi connectivity index (χ3n) is 4.52. The van der Waals surface area contributed by atoms with E-state index in [4.69, 9.17) is 9.47 Å². The Balaban J connectivity index is 3.24. The number of hydrogen-bond donors (Lipinski definition) is 5. The number of phenols is 1. The number of para-hydroxylation sites is 1. The van der Waals surface area contributed by atoms with E-state index in [0.29, 0.717) is 0 Å². The van der Waals surface area contributed by atoms with Gasteiger partial charge in [-0.05, 0) is 33.8 Å². The van der Waals surface area contributed by atoms with E-state index in [2.05, 4.69) is 10.6 Å². The molecule has 1 aromatic carbocycles. The summed E-state index contributed by atoms with van der Waals surface area (Å²) in [6, 6.07) is 2.84. The number of ether oxygens (including phenoxy) is 2. The first-order valence-electron chi connectivity index (χ1n) is 11.2. The molecule has 0 saturated carbocycles. The van der Waals surface area contributed by atoms with Crippen molar-refractivity contribution in [1.82, 2.24) is 15.5 Å². The third kappa shape index (κ3) is 9.79. The molecule has 1 aromatic rings. The zero-order valence-corrected chi connectivity index (χ0v) is 20.4. The number of nitrogens with zero attached hydrogens (tertiary/aromatic N) is 1. The Hall–Kier alpha value is -3.38. The number of amides is 3. The number of hydrogen-bond acceptors (Lipinski definition) is 9. The van der Waals surface area contributed by atoms with Crippen LogP contribution in [0, 0.1) is 0 Å². The van der Waals surface area contributed by atoms with Gasteiger partial charge in [-0.2, -0.15) is 0 Å². The summed E-state index contributed by atoms with van der Waals surface area (Å²) in [7, 11) is 0. The first-order valence-corrected chi connectivity index (χ1v) is 11.2. The fourth-order valence-corrected chi connectivity index (χ4v) is 3.10. The summed E-state index contributed by atoms with van der Waals surface area (Å²) in [6.07, 6.45) is -1.09. The molecule has 0 aliphatic rings. The third-order valence-corrected chi connectivity index (χ3v) is 4.52. The largest absolute Gasteiger partial charge is 0.508 e. The molecule has 0 aliphatic heterocycles. The smallest absolute Gasteiger partial charge is 0.408 e. The van der Waals surface area contributed by atoms with Crippen LogP contribution in [0.2, 0.25) is 0 Å². The molecule has 0 aromatic heterocycles. The molecule has 12 heteroatoms. The van der Waals surface area contributed by atoms with Crippen LogP contribution in [-0.4, -0.2) is 88.6 Å². The molecule has 2 atom stereocenters. The second kappa shape index (κ2) is 14.1. The minimum Gasteiger partial charge on any atom is -0.508 e. The van der Waals surface area contributed by atoms with Crippen LogP contribution < -0.4 is 10.6 Å². The van der Waals surface area contributed by atoms with E-state index in [9.17, 15) is 34.5 Å². The van der Waals surface area contributed by atoms with Gasteiger partial charge in [-0.3, -0.25) is 14.4 Å². The lowest BCUT2D eigenvalue weighted by Crippen LogP contribution is -2.55. The molecule has 0 aliphatic carbocycles. The lowest BCUT2D eigenvalue weighted by atomic mass is 10.0. The molecule has 1 rings (SSSR count). The van der Waals surface area contributed by atoms with Crippen molar-refractivity contribution in [1.29, 1.82) is 0 Å². The summed E-state index contributed by atoms with van der Waals surface area (Å²) in [6.45, 7) is 4.83. The number of nitrogens with one attached hydrogen (secondary N) is 2. The summed E-state index contributed by atoms with van der Waals surface area (Å²) in [5.41, 5.74) is -0.827. The Kier molecular flexibility index (Phi) is 12.0. The highest BCUT2D eigenvalue weighted by Crippen LogP contribution is 2.29. The molecule has 5 N–H and O–H groups in total. The van der Waals surface area contributed by atoms with Crippen LogP contribution in [0.1, 0.15) is 45.7 Å². The summed E-state index contributed by atoms with van der Waals surface area (Å²) in [4.78, 5) is 51.2. The van der Waals surface area contributed by atoms with Crippen molar-refractivity contribution in [2.75, 3.05) is 32.9 Å². The van der Waals surface area contributed by atoms with Crippen LogP contribution in [0.25, 0.3) is 0 Å². The van der Waals surface area contributed by atoms with E-state index in [1.54, 1.807) is 27.7 Å². The molecule has 2 unspecified atom stereocenters. The van der Waals surface area contributed by atoms with Crippen molar-refractivity contribution >= 4 is 23.9 Å². The van der Waals surface area contributed by atoms with Crippen molar-refractivity contribution in [3.63, 3.8) is 0 Å². The average molecular weight is 498 g/mol. The van der Waals surface area contributed by atoms with E-state index in [1.807, 2.05) is 0 Å². The van der Waals surface area contributed by atoms with E-state index in [1.165, 1.54) is 24.3 Å². The van der Waals surface area contributed by atoms with Gasteiger partial charge in [0.15, 0.2) is 0 Å². The second-order valence-corrected chi connectivity index (χ2v) is 8.44. The highest BCUT2D eigenvalue weighted by atomic mass is 16.6. The van der Waals surface area contributed by atoms with E-state index < -0.39 is 54.8 Å². The summed E-state index contributed by atoms with van der Waals surface area (Å²) < 4.78 is 9.94. The van der Waals surface area contributed by atoms with Gasteiger partial charge in [-0.15, -0.1) is 0 Å². The highest BCUT2D eigenvalue weighted by Gasteiger charge is 2.37. The first kappa shape index (κ1) is 29.7. The molecule has 3 amide bonds. The maximum atomic E-state index is 13.3. The maximum absolute atomic E-state index is 13.3. The topological polar surface area (TPSA) is 175 Å². The average Bonchev–Trinajstić information content (AvgIpc) is 2.76. The predicted molar refractivity (Wildman–Crippen MR) is 124 cm³/mol. The molecule has 0 radical (unpaired) electrons. The van der Waals surface area contributed by atoms with Crippen LogP contribution in [0.4, 0.5) is 4.79 Å². The highest BCUT2D eigenvalue weighted by molar-refractivity contribution is 5.92. The summed E-state index contributed by atoms with van der Waals surface area (Å²) in [5, 5.41) is 34.5. The molecule has 0 bridgehead atoms. The van der Waals surface area contributed by atoms with Crippen LogP contribution in [0.5, 0.6) is 5.75 Å². The van der Waals surface area contributed by atoms with Crippen LogP contribution >= 0.6 is 0 Å². The molecule has 12 nitrogen and oxygen atoms in total. The zero-order chi connectivity index (χ0) is 26.6. The molecule has 0 fully saturated rings. The molecule has 0 heterocycles. The Morgan fingerprint density at radius 1 is 1.11 bits per heavy atom. The van der Waals surface area contributed by atoms with Gasteiger partial charge in [0.25, 0.3) is 0 Å². The van der Waals surface area contributed by atoms with Gasteiger partial charge >= 0.3 is 12.1 Å². The Bertz CT molecular complexity index is 870. The minimum atomic E-state index is -1.50. The van der Waals surface area contributed by atoms with Gasteiger partial charge in [0, 0.05) is 18.7 Å². The van der Waals surface area contributed by atoms with E-state index >= 15 is 0 Å². The SMILES string of the molecule is CCOC(=O)CCNC(=O)C(c1ccccc1O)N(CCO)C(=O)C(CO)NC(=O)OC(C)(C)C. The van der Waals surface area contributed by atoms with Gasteiger partial charge < -0.3 is 40.3 Å². The number of aromatic hydroxyl groups is 1. The van der Waals surface area contributed by atoms with Crippen LogP contribution in [-0.2, 0) is 23.9 Å². The fourth-order valence-electron chi connectivity index (χ4n) is 3.10.